The number of benzene rings is 1. The Hall–Kier alpha value is -2.50. The summed E-state index contributed by atoms with van der Waals surface area (Å²) in [5, 5.41) is 6.62. The Morgan fingerprint density at radius 2 is 2.26 bits per heavy atom. The highest BCUT2D eigenvalue weighted by Gasteiger charge is 1.99. The smallest absolute Gasteiger partial charge is 0.191 e. The molecule has 124 valence electrons. The van der Waals surface area contributed by atoms with Crippen LogP contribution in [0.4, 0.5) is 0 Å². The standard InChI is InChI=1S/C17H25N5O/c1-3-19-17(20-8-5-10-22-11-9-18-14-22)21-13-15-6-4-7-16(12-15)23-2/h4,6-7,9,11-12,14H,3,5,8,10,13H2,1-2H3,(H2,19,20,21). The van der Waals surface area contributed by atoms with Gasteiger partial charge in [-0.2, -0.15) is 0 Å². The number of aryl methyl sites for hydroxylation is 1. The highest BCUT2D eigenvalue weighted by molar-refractivity contribution is 5.79. The lowest BCUT2D eigenvalue weighted by molar-refractivity contribution is 0.414. The zero-order valence-corrected chi connectivity index (χ0v) is 13.8. The van der Waals surface area contributed by atoms with Gasteiger partial charge in [0, 0.05) is 32.0 Å². The van der Waals surface area contributed by atoms with Crippen molar-refractivity contribution < 1.29 is 4.74 Å². The van der Waals surface area contributed by atoms with Gasteiger partial charge in [-0.1, -0.05) is 12.1 Å². The lowest BCUT2D eigenvalue weighted by Crippen LogP contribution is -2.38. The fourth-order valence-corrected chi connectivity index (χ4v) is 2.17. The monoisotopic (exact) mass is 315 g/mol. The molecule has 0 amide bonds. The summed E-state index contributed by atoms with van der Waals surface area (Å²) in [6.07, 6.45) is 6.62. The topological polar surface area (TPSA) is 63.5 Å². The SMILES string of the molecule is CCNC(=NCc1cccc(OC)c1)NCCCn1ccnc1. The number of nitrogens with one attached hydrogen (secondary N) is 2. The summed E-state index contributed by atoms with van der Waals surface area (Å²) in [6.45, 7) is 5.33. The molecule has 1 heterocycles. The number of nitrogens with zero attached hydrogens (tertiary/aromatic N) is 3. The molecule has 2 N–H and O–H groups in total. The largest absolute Gasteiger partial charge is 0.497 e. The Morgan fingerprint density at radius 3 is 3.00 bits per heavy atom. The predicted molar refractivity (Wildman–Crippen MR) is 92.7 cm³/mol. The van der Waals surface area contributed by atoms with E-state index in [-0.39, 0.29) is 0 Å². The number of methoxy groups -OCH3 is 1. The molecule has 0 radical (unpaired) electrons. The number of aromatic nitrogens is 2. The maximum absolute atomic E-state index is 5.24. The van der Waals surface area contributed by atoms with Gasteiger partial charge in [0.25, 0.3) is 0 Å². The van der Waals surface area contributed by atoms with Gasteiger partial charge < -0.3 is 19.9 Å². The second kappa shape index (κ2) is 9.50. The minimum atomic E-state index is 0.619. The fraction of sp³-hybridized carbons (Fsp3) is 0.412. The molecule has 2 aromatic rings. The third-order valence-electron chi connectivity index (χ3n) is 3.34. The quantitative estimate of drug-likeness (QED) is 0.444. The van der Waals surface area contributed by atoms with Crippen molar-refractivity contribution in [2.24, 2.45) is 4.99 Å². The fourth-order valence-electron chi connectivity index (χ4n) is 2.17. The molecule has 6 heteroatoms. The van der Waals surface area contributed by atoms with Gasteiger partial charge in [0.15, 0.2) is 5.96 Å². The molecule has 0 saturated carbocycles. The number of guanidine groups is 1. The van der Waals surface area contributed by atoms with Crippen LogP contribution in [0.2, 0.25) is 0 Å². The molecule has 0 aliphatic heterocycles. The van der Waals surface area contributed by atoms with Crippen molar-refractivity contribution in [3.8, 4) is 5.75 Å². The third kappa shape index (κ3) is 6.02. The molecule has 1 aromatic carbocycles. The van der Waals surface area contributed by atoms with Crippen LogP contribution in [0.3, 0.4) is 0 Å². The van der Waals surface area contributed by atoms with Gasteiger partial charge in [0.1, 0.15) is 5.75 Å². The van der Waals surface area contributed by atoms with E-state index >= 15 is 0 Å². The Morgan fingerprint density at radius 1 is 1.35 bits per heavy atom. The zero-order chi connectivity index (χ0) is 16.3. The second-order valence-electron chi connectivity index (χ2n) is 5.13. The van der Waals surface area contributed by atoms with Gasteiger partial charge >= 0.3 is 0 Å². The molecular weight excluding hydrogens is 290 g/mol. The first-order chi connectivity index (χ1) is 11.3. The van der Waals surface area contributed by atoms with E-state index in [1.165, 1.54) is 0 Å². The summed E-state index contributed by atoms with van der Waals surface area (Å²) >= 11 is 0. The van der Waals surface area contributed by atoms with Crippen LogP contribution in [-0.4, -0.2) is 35.7 Å². The van der Waals surface area contributed by atoms with Crippen LogP contribution in [0.25, 0.3) is 0 Å². The summed E-state index contributed by atoms with van der Waals surface area (Å²) in [4.78, 5) is 8.65. The van der Waals surface area contributed by atoms with E-state index in [0.29, 0.717) is 6.54 Å². The maximum Gasteiger partial charge on any atom is 0.191 e. The average molecular weight is 315 g/mol. The number of hydrogen-bond donors (Lipinski definition) is 2. The Labute approximate surface area is 137 Å². The van der Waals surface area contributed by atoms with E-state index in [9.17, 15) is 0 Å². The van der Waals surface area contributed by atoms with Gasteiger partial charge in [-0.3, -0.25) is 0 Å². The van der Waals surface area contributed by atoms with Crippen LogP contribution in [0.5, 0.6) is 5.75 Å². The molecule has 2 rings (SSSR count). The molecule has 23 heavy (non-hydrogen) atoms. The minimum absolute atomic E-state index is 0.619. The van der Waals surface area contributed by atoms with Crippen LogP contribution < -0.4 is 15.4 Å². The van der Waals surface area contributed by atoms with Gasteiger partial charge in [-0.25, -0.2) is 9.98 Å². The Bertz CT molecular complexity index is 595. The zero-order valence-electron chi connectivity index (χ0n) is 13.8. The molecule has 0 atom stereocenters. The number of imidazole rings is 1. The van der Waals surface area contributed by atoms with Crippen LogP contribution in [0.1, 0.15) is 18.9 Å². The van der Waals surface area contributed by atoms with Crippen LogP contribution in [-0.2, 0) is 13.1 Å². The van der Waals surface area contributed by atoms with Crippen LogP contribution in [0.15, 0.2) is 48.0 Å². The molecule has 0 saturated heterocycles. The Balaban J connectivity index is 1.81. The van der Waals surface area contributed by atoms with Gasteiger partial charge in [-0.15, -0.1) is 0 Å². The first-order valence-corrected chi connectivity index (χ1v) is 7.92. The number of rotatable bonds is 8. The van der Waals surface area contributed by atoms with Gasteiger partial charge in [0.05, 0.1) is 20.0 Å². The maximum atomic E-state index is 5.24. The molecule has 0 fully saturated rings. The van der Waals surface area contributed by atoms with E-state index in [1.54, 1.807) is 13.3 Å². The van der Waals surface area contributed by atoms with E-state index in [4.69, 9.17) is 4.74 Å². The van der Waals surface area contributed by atoms with Gasteiger partial charge in [0.2, 0.25) is 0 Å². The van der Waals surface area contributed by atoms with Crippen molar-refractivity contribution in [1.82, 2.24) is 20.2 Å². The lowest BCUT2D eigenvalue weighted by atomic mass is 10.2. The van der Waals surface area contributed by atoms with Crippen molar-refractivity contribution >= 4 is 5.96 Å². The number of ether oxygens (including phenoxy) is 1. The van der Waals surface area contributed by atoms with Crippen LogP contribution in [0, 0.1) is 0 Å². The summed E-state index contributed by atoms with van der Waals surface area (Å²) in [5.41, 5.74) is 1.12. The first kappa shape index (κ1) is 16.9. The molecular formula is C17H25N5O. The summed E-state index contributed by atoms with van der Waals surface area (Å²) < 4.78 is 7.31. The first-order valence-electron chi connectivity index (χ1n) is 7.92. The summed E-state index contributed by atoms with van der Waals surface area (Å²) in [7, 11) is 1.67. The molecule has 0 aliphatic carbocycles. The third-order valence-corrected chi connectivity index (χ3v) is 3.34. The average Bonchev–Trinajstić information content (AvgIpc) is 3.10. The van der Waals surface area contributed by atoms with Crippen molar-refractivity contribution in [3.05, 3.63) is 48.5 Å². The minimum Gasteiger partial charge on any atom is -0.497 e. The highest BCUT2D eigenvalue weighted by Crippen LogP contribution is 2.13. The second-order valence-corrected chi connectivity index (χ2v) is 5.13. The predicted octanol–water partition coefficient (Wildman–Crippen LogP) is 2.04. The van der Waals surface area contributed by atoms with Crippen molar-refractivity contribution in [3.63, 3.8) is 0 Å². The lowest BCUT2D eigenvalue weighted by Gasteiger charge is -2.11. The number of hydrogen-bond acceptors (Lipinski definition) is 3. The van der Waals surface area contributed by atoms with E-state index < -0.39 is 0 Å². The van der Waals surface area contributed by atoms with Crippen molar-refractivity contribution in [2.75, 3.05) is 20.2 Å². The van der Waals surface area contributed by atoms with Crippen molar-refractivity contribution in [2.45, 2.75) is 26.4 Å². The molecule has 6 nitrogen and oxygen atoms in total. The molecule has 0 spiro atoms. The Kier molecular flexibility index (Phi) is 6.97. The molecule has 0 unspecified atom stereocenters. The molecule has 1 aromatic heterocycles. The number of aliphatic imine (C=N–C) groups is 1. The normalized spacial score (nSPS) is 11.3. The molecule has 0 bridgehead atoms. The van der Waals surface area contributed by atoms with Gasteiger partial charge in [-0.05, 0) is 31.0 Å². The van der Waals surface area contributed by atoms with Crippen LogP contribution >= 0.6 is 0 Å². The van der Waals surface area contributed by atoms with E-state index in [2.05, 4.69) is 38.2 Å². The highest BCUT2D eigenvalue weighted by atomic mass is 16.5. The summed E-state index contributed by atoms with van der Waals surface area (Å²) in [6, 6.07) is 7.97. The van der Waals surface area contributed by atoms with E-state index in [0.717, 1.165) is 43.3 Å². The summed E-state index contributed by atoms with van der Waals surface area (Å²) in [5.74, 6) is 1.69. The molecule has 0 aliphatic rings. The van der Waals surface area contributed by atoms with E-state index in [1.807, 2.05) is 30.7 Å². The van der Waals surface area contributed by atoms with Crippen molar-refractivity contribution in [1.29, 1.82) is 0 Å².